The smallest absolute Gasteiger partial charge is 0.0714 e. The second kappa shape index (κ2) is 14.6. The molecule has 2 aromatic heterocycles. The molecule has 13 rings (SSSR count). The monoisotopic (exact) mass is 832 g/mol. The molecule has 0 fully saturated rings. The fraction of sp³-hybridized carbons (Fsp3) is 0.0164. The van der Waals surface area contributed by atoms with Crippen LogP contribution in [-0.2, 0) is 5.41 Å². The van der Waals surface area contributed by atoms with Gasteiger partial charge < -0.3 is 9.47 Å². The summed E-state index contributed by atoms with van der Waals surface area (Å²) in [5, 5.41) is 5.05. The van der Waals surface area contributed by atoms with Crippen LogP contribution in [0.1, 0.15) is 22.3 Å². The zero-order valence-electron chi connectivity index (χ0n) is 34.9. The molecule has 2 heterocycles. The first-order valence-electron chi connectivity index (χ1n) is 22.0. The van der Waals surface area contributed by atoms with Gasteiger partial charge in [-0.05, 0) is 117 Å². The van der Waals surface area contributed by atoms with E-state index in [4.69, 9.17) is 0 Å². The molecule has 0 bridgehead atoms. The molecule has 64 heavy (non-hydrogen) atoms. The molecule has 0 atom stereocenters. The number of fused-ring (bicyclic) bond motifs is 9. The molecule has 0 saturated carbocycles. The van der Waals surface area contributed by atoms with E-state index in [2.05, 4.69) is 252 Å². The molecule has 3 heteroatoms. The first kappa shape index (κ1) is 36.7. The number of benzene rings is 10. The lowest BCUT2D eigenvalue weighted by molar-refractivity contribution is 0.768. The Morgan fingerprint density at radius 1 is 0.344 bits per heavy atom. The lowest BCUT2D eigenvalue weighted by atomic mass is 9.67. The summed E-state index contributed by atoms with van der Waals surface area (Å²) in [7, 11) is 0. The van der Waals surface area contributed by atoms with Gasteiger partial charge in [-0.3, -0.25) is 0 Å². The second-order valence-electron chi connectivity index (χ2n) is 16.8. The zero-order chi connectivity index (χ0) is 42.2. The van der Waals surface area contributed by atoms with Crippen LogP contribution < -0.4 is 4.90 Å². The van der Waals surface area contributed by atoms with Crippen molar-refractivity contribution in [3.63, 3.8) is 0 Å². The predicted octanol–water partition coefficient (Wildman–Crippen LogP) is 16.7. The normalized spacial score (nSPS) is 12.8. The third kappa shape index (κ3) is 5.51. The van der Waals surface area contributed by atoms with E-state index in [-0.39, 0.29) is 0 Å². The van der Waals surface area contributed by atoms with Gasteiger partial charge in [0.2, 0.25) is 0 Å². The van der Waals surface area contributed by atoms with Crippen molar-refractivity contribution < 1.29 is 0 Å². The van der Waals surface area contributed by atoms with Crippen molar-refractivity contribution in [3.8, 4) is 27.9 Å². The summed E-state index contributed by atoms with van der Waals surface area (Å²) in [5.41, 5.74) is 16.5. The summed E-state index contributed by atoms with van der Waals surface area (Å²) in [4.78, 5) is 2.46. The Bertz CT molecular complexity index is 3620. The zero-order valence-corrected chi connectivity index (χ0v) is 35.7. The summed E-state index contributed by atoms with van der Waals surface area (Å²) < 4.78 is 4.97. The quantitative estimate of drug-likeness (QED) is 0.155. The SMILES string of the molecule is c1ccc(-c2ccc(N(c3ccc4c(c3)C(c3ccccc3)(c3ccccc3)c3ccccc3-4)c3ccc4sc5ccc(-n6c7ccccc7c7ccccc76)cc5c4c3)cc2)cc1. The third-order valence-electron chi connectivity index (χ3n) is 13.5. The largest absolute Gasteiger partial charge is 0.310 e. The first-order valence-corrected chi connectivity index (χ1v) is 22.8. The van der Waals surface area contributed by atoms with Crippen LogP contribution >= 0.6 is 11.3 Å². The Labute approximate surface area is 376 Å². The summed E-state index contributed by atoms with van der Waals surface area (Å²) in [5.74, 6) is 0. The molecule has 1 aliphatic carbocycles. The minimum Gasteiger partial charge on any atom is -0.310 e. The Kier molecular flexibility index (Phi) is 8.34. The molecule has 10 aromatic carbocycles. The van der Waals surface area contributed by atoms with Gasteiger partial charge in [-0.25, -0.2) is 0 Å². The highest BCUT2D eigenvalue weighted by molar-refractivity contribution is 7.25. The molecule has 2 nitrogen and oxygen atoms in total. The van der Waals surface area contributed by atoms with Gasteiger partial charge in [0.1, 0.15) is 0 Å². The summed E-state index contributed by atoms with van der Waals surface area (Å²) in [6.45, 7) is 0. The number of hydrogen-bond donors (Lipinski definition) is 0. The van der Waals surface area contributed by atoms with E-state index < -0.39 is 5.41 Å². The highest BCUT2D eigenvalue weighted by atomic mass is 32.1. The number of thiophene rings is 1. The van der Waals surface area contributed by atoms with Crippen molar-refractivity contribution in [3.05, 3.63) is 265 Å². The number of nitrogens with zero attached hydrogens (tertiary/aromatic N) is 2. The molecule has 0 amide bonds. The van der Waals surface area contributed by atoms with Gasteiger partial charge >= 0.3 is 0 Å². The fourth-order valence-corrected chi connectivity index (χ4v) is 11.8. The summed E-state index contributed by atoms with van der Waals surface area (Å²) in [6.07, 6.45) is 0. The minimum absolute atomic E-state index is 0.510. The van der Waals surface area contributed by atoms with Crippen molar-refractivity contribution in [2.45, 2.75) is 5.41 Å². The van der Waals surface area contributed by atoms with Crippen LogP contribution in [0.5, 0.6) is 0 Å². The van der Waals surface area contributed by atoms with Crippen molar-refractivity contribution in [2.24, 2.45) is 0 Å². The average Bonchev–Trinajstić information content (AvgIpc) is 4.01. The average molecular weight is 833 g/mol. The maximum Gasteiger partial charge on any atom is 0.0714 e. The molecule has 300 valence electrons. The van der Waals surface area contributed by atoms with Gasteiger partial charge in [0, 0.05) is 53.7 Å². The van der Waals surface area contributed by atoms with Crippen molar-refractivity contribution >= 4 is 70.4 Å². The number of anilines is 3. The topological polar surface area (TPSA) is 8.17 Å². The molecule has 0 aliphatic heterocycles. The Morgan fingerprint density at radius 2 is 0.844 bits per heavy atom. The molecule has 0 N–H and O–H groups in total. The van der Waals surface area contributed by atoms with E-state index in [0.717, 1.165) is 17.1 Å². The van der Waals surface area contributed by atoms with E-state index in [0.29, 0.717) is 0 Å². The van der Waals surface area contributed by atoms with Crippen LogP contribution in [0.4, 0.5) is 17.1 Å². The van der Waals surface area contributed by atoms with Crippen LogP contribution in [0.15, 0.2) is 243 Å². The maximum absolute atomic E-state index is 2.47. The van der Waals surface area contributed by atoms with Crippen LogP contribution in [0, 0.1) is 0 Å². The van der Waals surface area contributed by atoms with Gasteiger partial charge in [-0.2, -0.15) is 0 Å². The van der Waals surface area contributed by atoms with Crippen LogP contribution in [0.2, 0.25) is 0 Å². The van der Waals surface area contributed by atoms with Gasteiger partial charge in [0.25, 0.3) is 0 Å². The van der Waals surface area contributed by atoms with Gasteiger partial charge in [0.15, 0.2) is 0 Å². The number of rotatable bonds is 7. The van der Waals surface area contributed by atoms with E-state index in [1.807, 2.05) is 11.3 Å². The Balaban J connectivity index is 1.03. The highest BCUT2D eigenvalue weighted by Crippen LogP contribution is 2.57. The lowest BCUT2D eigenvalue weighted by Crippen LogP contribution is -2.28. The van der Waals surface area contributed by atoms with E-state index >= 15 is 0 Å². The Morgan fingerprint density at radius 3 is 1.53 bits per heavy atom. The fourth-order valence-electron chi connectivity index (χ4n) is 10.7. The Hall–Kier alpha value is -7.98. The number of hydrogen-bond acceptors (Lipinski definition) is 2. The maximum atomic E-state index is 2.47. The molecule has 12 aromatic rings. The molecule has 0 spiro atoms. The van der Waals surface area contributed by atoms with Crippen LogP contribution in [-0.4, -0.2) is 4.57 Å². The third-order valence-corrected chi connectivity index (χ3v) is 14.6. The summed E-state index contributed by atoms with van der Waals surface area (Å²) >= 11 is 1.86. The molecule has 0 unspecified atom stereocenters. The molecular formula is C61H40N2S. The van der Waals surface area contributed by atoms with Crippen molar-refractivity contribution in [1.29, 1.82) is 0 Å². The summed E-state index contributed by atoms with van der Waals surface area (Å²) in [6, 6.07) is 89.6. The second-order valence-corrected chi connectivity index (χ2v) is 17.9. The lowest BCUT2D eigenvalue weighted by Gasteiger charge is -2.35. The highest BCUT2D eigenvalue weighted by Gasteiger charge is 2.46. The van der Waals surface area contributed by atoms with Crippen molar-refractivity contribution in [2.75, 3.05) is 4.90 Å². The van der Waals surface area contributed by atoms with E-state index in [1.54, 1.807) is 0 Å². The van der Waals surface area contributed by atoms with Gasteiger partial charge in [0.05, 0.1) is 16.4 Å². The van der Waals surface area contributed by atoms with Gasteiger partial charge in [-0.1, -0.05) is 170 Å². The molecule has 0 saturated heterocycles. The van der Waals surface area contributed by atoms with Gasteiger partial charge in [-0.15, -0.1) is 11.3 Å². The first-order chi connectivity index (χ1) is 31.7. The standard InChI is InChI=1S/C61H40N2S/c1-4-16-41(17-5-1)42-28-30-45(31-29-42)62(48-32-35-50-49-22-10-13-25-55(49)61(56(50)40-48,43-18-6-2-7-19-43)44-20-8-3-9-21-44)46-33-36-59-53(38-46)54-39-47(34-37-60(54)64-59)63-57-26-14-11-23-51(57)52-24-12-15-27-58(52)63/h1-40H. The molecule has 0 radical (unpaired) electrons. The van der Waals surface area contributed by atoms with Crippen molar-refractivity contribution in [1.82, 2.24) is 4.57 Å². The number of aromatic nitrogens is 1. The number of para-hydroxylation sites is 2. The molecular weight excluding hydrogens is 793 g/mol. The van der Waals surface area contributed by atoms with Crippen LogP contribution in [0.25, 0.3) is 69.9 Å². The molecule has 1 aliphatic rings. The predicted molar refractivity (Wildman–Crippen MR) is 271 cm³/mol. The van der Waals surface area contributed by atoms with E-state index in [1.165, 1.54) is 92.2 Å². The van der Waals surface area contributed by atoms with E-state index in [9.17, 15) is 0 Å². The minimum atomic E-state index is -0.510. The van der Waals surface area contributed by atoms with Crippen LogP contribution in [0.3, 0.4) is 0 Å².